The number of rotatable bonds is 4. The smallest absolute Gasteiger partial charge is 0.331 e. The maximum Gasteiger partial charge on any atom is 0.331 e. The van der Waals surface area contributed by atoms with Gasteiger partial charge in [0.05, 0.1) is 10.7 Å². The number of ether oxygens (including phenoxy) is 3. The van der Waals surface area contributed by atoms with Crippen LogP contribution in [0.5, 0.6) is 11.5 Å². The fraction of sp³-hybridized carbons (Fsp3) is 0.200. The van der Waals surface area contributed by atoms with Crippen LogP contribution in [0.15, 0.2) is 29.7 Å². The van der Waals surface area contributed by atoms with Gasteiger partial charge in [-0.15, -0.1) is 11.3 Å². The number of hydrogen-bond acceptors (Lipinski definition) is 6. The molecule has 0 bridgehead atoms. The maximum atomic E-state index is 11.6. The Labute approximate surface area is 125 Å². The van der Waals surface area contributed by atoms with E-state index in [9.17, 15) is 4.79 Å². The van der Waals surface area contributed by atoms with Gasteiger partial charge in [-0.1, -0.05) is 6.07 Å². The lowest BCUT2D eigenvalue weighted by Gasteiger charge is -2.03. The van der Waals surface area contributed by atoms with Crippen LogP contribution in [-0.4, -0.2) is 17.7 Å². The number of fused-ring (bicyclic) bond motifs is 1. The van der Waals surface area contributed by atoms with Gasteiger partial charge in [0.25, 0.3) is 0 Å². The molecule has 2 heterocycles. The monoisotopic (exact) mass is 303 g/mol. The van der Waals surface area contributed by atoms with Crippen LogP contribution in [0.1, 0.15) is 16.3 Å². The number of benzene rings is 1. The summed E-state index contributed by atoms with van der Waals surface area (Å²) in [4.78, 5) is 15.9. The fourth-order valence-electron chi connectivity index (χ4n) is 1.84. The van der Waals surface area contributed by atoms with Gasteiger partial charge in [-0.2, -0.15) is 0 Å². The van der Waals surface area contributed by atoms with Crippen molar-refractivity contribution in [2.45, 2.75) is 13.5 Å². The Morgan fingerprint density at radius 1 is 1.43 bits per heavy atom. The largest absolute Gasteiger partial charge is 0.458 e. The molecule has 0 fully saturated rings. The van der Waals surface area contributed by atoms with E-state index < -0.39 is 5.97 Å². The van der Waals surface area contributed by atoms with Gasteiger partial charge in [-0.05, 0) is 30.7 Å². The average molecular weight is 303 g/mol. The molecule has 108 valence electrons. The first kappa shape index (κ1) is 13.6. The Morgan fingerprint density at radius 2 is 2.29 bits per heavy atom. The Morgan fingerprint density at radius 3 is 3.10 bits per heavy atom. The molecule has 1 aliphatic heterocycles. The number of carbonyl (C=O) groups is 1. The highest BCUT2D eigenvalue weighted by molar-refractivity contribution is 7.09. The molecule has 2 aromatic rings. The van der Waals surface area contributed by atoms with Crippen molar-refractivity contribution in [2.24, 2.45) is 0 Å². The number of carbonyl (C=O) groups excluding carboxylic acids is 1. The summed E-state index contributed by atoms with van der Waals surface area (Å²) < 4.78 is 15.7. The third-order valence-corrected chi connectivity index (χ3v) is 3.64. The zero-order valence-electron chi connectivity index (χ0n) is 11.4. The topological polar surface area (TPSA) is 57.7 Å². The minimum absolute atomic E-state index is 0.190. The summed E-state index contributed by atoms with van der Waals surface area (Å²) in [6.07, 6.45) is 3.02. The fourth-order valence-corrected chi connectivity index (χ4v) is 2.42. The lowest BCUT2D eigenvalue weighted by molar-refractivity contribution is -0.138. The molecule has 6 heteroatoms. The van der Waals surface area contributed by atoms with Crippen molar-refractivity contribution in [1.29, 1.82) is 0 Å². The minimum Gasteiger partial charge on any atom is -0.458 e. The lowest BCUT2D eigenvalue weighted by Crippen LogP contribution is -2.00. The first-order valence-corrected chi connectivity index (χ1v) is 7.24. The van der Waals surface area contributed by atoms with Gasteiger partial charge in [0.2, 0.25) is 6.79 Å². The maximum absolute atomic E-state index is 11.6. The lowest BCUT2D eigenvalue weighted by atomic mass is 10.2. The van der Waals surface area contributed by atoms with Crippen LogP contribution in [0, 0.1) is 6.92 Å². The molecule has 1 aromatic carbocycles. The summed E-state index contributed by atoms with van der Waals surface area (Å²) in [5.74, 6) is 0.985. The third-order valence-electron chi connectivity index (χ3n) is 2.85. The second-order valence-electron chi connectivity index (χ2n) is 4.42. The van der Waals surface area contributed by atoms with Gasteiger partial charge in [-0.3, -0.25) is 0 Å². The van der Waals surface area contributed by atoms with Crippen molar-refractivity contribution in [3.63, 3.8) is 0 Å². The number of thiazole rings is 1. The molecule has 0 saturated carbocycles. The minimum atomic E-state index is -0.404. The average Bonchev–Trinajstić information content (AvgIpc) is 3.10. The standard InChI is InChI=1S/C15H13NO4S/c1-10-16-12(8-21-10)3-5-15(17)18-7-11-2-4-13-14(6-11)20-9-19-13/h2-6,8H,7,9H2,1H3/b5-3+. The summed E-state index contributed by atoms with van der Waals surface area (Å²) in [5.41, 5.74) is 1.61. The Bertz CT molecular complexity index is 693. The van der Waals surface area contributed by atoms with Crippen LogP contribution in [0.2, 0.25) is 0 Å². The molecule has 0 saturated heterocycles. The summed E-state index contributed by atoms with van der Waals surface area (Å²) >= 11 is 1.54. The molecule has 0 atom stereocenters. The number of aromatic nitrogens is 1. The van der Waals surface area contributed by atoms with Crippen LogP contribution < -0.4 is 9.47 Å². The number of aryl methyl sites for hydroxylation is 1. The van der Waals surface area contributed by atoms with E-state index in [2.05, 4.69) is 4.98 Å². The van der Waals surface area contributed by atoms with Crippen molar-refractivity contribution >= 4 is 23.4 Å². The number of nitrogens with zero attached hydrogens (tertiary/aromatic N) is 1. The predicted molar refractivity (Wildman–Crippen MR) is 78.2 cm³/mol. The molecule has 3 rings (SSSR count). The van der Waals surface area contributed by atoms with Crippen LogP contribution in [0.4, 0.5) is 0 Å². The molecule has 0 amide bonds. The van der Waals surface area contributed by atoms with E-state index in [-0.39, 0.29) is 13.4 Å². The quantitative estimate of drug-likeness (QED) is 0.642. The molecule has 1 aliphatic rings. The van der Waals surface area contributed by atoms with E-state index in [1.165, 1.54) is 17.4 Å². The van der Waals surface area contributed by atoms with Gasteiger partial charge >= 0.3 is 5.97 Å². The highest BCUT2D eigenvalue weighted by Gasteiger charge is 2.13. The Kier molecular flexibility index (Phi) is 3.87. The van der Waals surface area contributed by atoms with Gasteiger partial charge in [0, 0.05) is 11.5 Å². The van der Waals surface area contributed by atoms with E-state index in [1.54, 1.807) is 12.1 Å². The third kappa shape index (κ3) is 3.41. The highest BCUT2D eigenvalue weighted by atomic mass is 32.1. The van der Waals surface area contributed by atoms with Crippen molar-refractivity contribution in [1.82, 2.24) is 4.98 Å². The van der Waals surface area contributed by atoms with E-state index in [1.807, 2.05) is 24.4 Å². The van der Waals surface area contributed by atoms with E-state index in [0.717, 1.165) is 16.3 Å². The summed E-state index contributed by atoms with van der Waals surface area (Å²) in [6.45, 7) is 2.34. The highest BCUT2D eigenvalue weighted by Crippen LogP contribution is 2.32. The van der Waals surface area contributed by atoms with Gasteiger partial charge in [0.15, 0.2) is 11.5 Å². The first-order chi connectivity index (χ1) is 10.2. The summed E-state index contributed by atoms with van der Waals surface area (Å²) in [6, 6.07) is 5.46. The molecule has 0 unspecified atom stereocenters. The van der Waals surface area contributed by atoms with Crippen molar-refractivity contribution in [2.75, 3.05) is 6.79 Å². The van der Waals surface area contributed by atoms with Gasteiger partial charge in [0.1, 0.15) is 6.61 Å². The zero-order valence-corrected chi connectivity index (χ0v) is 12.2. The van der Waals surface area contributed by atoms with Crippen LogP contribution in [-0.2, 0) is 16.1 Å². The van der Waals surface area contributed by atoms with Crippen LogP contribution in [0.3, 0.4) is 0 Å². The second-order valence-corrected chi connectivity index (χ2v) is 5.48. The van der Waals surface area contributed by atoms with Crippen molar-refractivity contribution in [3.8, 4) is 11.5 Å². The van der Waals surface area contributed by atoms with Crippen LogP contribution in [0.25, 0.3) is 6.08 Å². The molecular weight excluding hydrogens is 290 g/mol. The molecular formula is C15H13NO4S. The molecule has 1 aromatic heterocycles. The van der Waals surface area contributed by atoms with E-state index in [4.69, 9.17) is 14.2 Å². The second kappa shape index (κ2) is 5.97. The molecule has 5 nitrogen and oxygen atoms in total. The molecule has 0 radical (unpaired) electrons. The Hall–Kier alpha value is -2.34. The number of hydrogen-bond donors (Lipinski definition) is 0. The molecule has 0 N–H and O–H groups in total. The SMILES string of the molecule is Cc1nc(/C=C/C(=O)OCc2ccc3c(c2)OCO3)cs1. The molecule has 0 spiro atoms. The van der Waals surface area contributed by atoms with Crippen molar-refractivity contribution < 1.29 is 19.0 Å². The van der Waals surface area contributed by atoms with Crippen molar-refractivity contribution in [3.05, 3.63) is 45.9 Å². The van der Waals surface area contributed by atoms with Gasteiger partial charge in [-0.25, -0.2) is 9.78 Å². The number of esters is 1. The Balaban J connectivity index is 1.55. The zero-order chi connectivity index (χ0) is 14.7. The van der Waals surface area contributed by atoms with Gasteiger partial charge < -0.3 is 14.2 Å². The van der Waals surface area contributed by atoms with E-state index >= 15 is 0 Å². The van der Waals surface area contributed by atoms with E-state index in [0.29, 0.717) is 11.5 Å². The normalized spacial score (nSPS) is 12.8. The summed E-state index contributed by atoms with van der Waals surface area (Å²) in [5, 5.41) is 2.85. The first-order valence-electron chi connectivity index (χ1n) is 6.36. The summed E-state index contributed by atoms with van der Waals surface area (Å²) in [7, 11) is 0. The predicted octanol–water partition coefficient (Wildman–Crippen LogP) is 2.94. The molecule has 21 heavy (non-hydrogen) atoms. The van der Waals surface area contributed by atoms with Crippen LogP contribution >= 0.6 is 11.3 Å². The molecule has 0 aliphatic carbocycles.